The number of amides is 3. The Morgan fingerprint density at radius 2 is 1.66 bits per heavy atom. The number of benzene rings is 2. The number of likely N-dealkylation sites (N-methyl/N-ethyl adjacent to an activating group) is 1. The first-order valence-corrected chi connectivity index (χ1v) is 14.6. The van der Waals surface area contributed by atoms with Gasteiger partial charge >= 0.3 is 0 Å². The Bertz CT molecular complexity index is 1370. The third-order valence-corrected chi connectivity index (χ3v) is 9.78. The molecule has 2 saturated heterocycles. The van der Waals surface area contributed by atoms with Gasteiger partial charge in [-0.2, -0.15) is 0 Å². The van der Waals surface area contributed by atoms with Crippen LogP contribution < -0.4 is 0 Å². The summed E-state index contributed by atoms with van der Waals surface area (Å²) < 4.78 is 1.08. The minimum atomic E-state index is -0.112. The fraction of sp³-hybridized carbons (Fsp3) is 0.414. The number of hydrogen-bond acceptors (Lipinski definition) is 4. The molecule has 0 radical (unpaired) electrons. The third kappa shape index (κ3) is 5.29. The van der Waals surface area contributed by atoms with Crippen LogP contribution in [0.3, 0.4) is 0 Å². The molecular weight excluding hydrogens is 541 g/mol. The minimum Gasteiger partial charge on any atom is -0.343 e. The van der Waals surface area contributed by atoms with Gasteiger partial charge in [0.25, 0.3) is 5.91 Å². The van der Waals surface area contributed by atoms with Gasteiger partial charge < -0.3 is 14.7 Å². The lowest BCUT2D eigenvalue weighted by Gasteiger charge is -2.44. The summed E-state index contributed by atoms with van der Waals surface area (Å²) in [5.41, 5.74) is 1.67. The van der Waals surface area contributed by atoms with Crippen LogP contribution in [0.5, 0.6) is 0 Å². The van der Waals surface area contributed by atoms with Crippen LogP contribution in [0.1, 0.15) is 48.0 Å². The number of carbonyl (C=O) groups is 3. The third-order valence-electron chi connectivity index (χ3n) is 8.08. The van der Waals surface area contributed by atoms with Crippen molar-refractivity contribution < 1.29 is 14.4 Å². The molecule has 3 aromatic rings. The average Bonchev–Trinajstić information content (AvgIpc) is 3.37. The van der Waals surface area contributed by atoms with Crippen LogP contribution in [0.15, 0.2) is 47.8 Å². The van der Waals surface area contributed by atoms with Crippen molar-refractivity contribution in [3.8, 4) is 0 Å². The number of halogens is 2. The number of carbonyl (C=O) groups excluding carboxylic acids is 3. The second-order valence-corrected chi connectivity index (χ2v) is 12.0. The van der Waals surface area contributed by atoms with Gasteiger partial charge in [0.15, 0.2) is 0 Å². The first-order chi connectivity index (χ1) is 18.2. The average molecular weight is 573 g/mol. The second kappa shape index (κ2) is 11.2. The Hall–Kier alpha value is -2.61. The predicted octanol–water partition coefficient (Wildman–Crippen LogP) is 5.92. The molecule has 0 spiro atoms. The SMILES string of the molecule is CC(=O)N1CCC(C(=O)N2CC[C@@H](N(C)C(=O)c3csc4ccccc34)[C@H](c3ccc(Cl)c(Cl)c3)C2)CC1. The van der Waals surface area contributed by atoms with E-state index >= 15 is 0 Å². The topological polar surface area (TPSA) is 60.9 Å². The lowest BCUT2D eigenvalue weighted by Crippen LogP contribution is -2.53. The molecule has 1 aromatic heterocycles. The molecule has 2 aliphatic rings. The molecular formula is C29H31Cl2N3O3S. The van der Waals surface area contributed by atoms with Crippen LogP contribution in [0.2, 0.25) is 10.0 Å². The molecule has 2 aliphatic heterocycles. The molecule has 5 rings (SSSR count). The number of thiophene rings is 1. The molecule has 6 nitrogen and oxygen atoms in total. The zero-order valence-corrected chi connectivity index (χ0v) is 23.9. The minimum absolute atomic E-state index is 0.0195. The Kier molecular flexibility index (Phi) is 7.98. The smallest absolute Gasteiger partial charge is 0.255 e. The molecule has 38 heavy (non-hydrogen) atoms. The fourth-order valence-corrected chi connectivity index (χ4v) is 7.10. The number of fused-ring (bicyclic) bond motifs is 1. The highest BCUT2D eigenvalue weighted by Crippen LogP contribution is 2.36. The van der Waals surface area contributed by atoms with Crippen LogP contribution in [0.4, 0.5) is 0 Å². The van der Waals surface area contributed by atoms with Gasteiger partial charge in [0.05, 0.1) is 15.6 Å². The van der Waals surface area contributed by atoms with Gasteiger partial charge in [-0.15, -0.1) is 11.3 Å². The number of nitrogens with zero attached hydrogens (tertiary/aromatic N) is 3. The van der Waals surface area contributed by atoms with E-state index in [4.69, 9.17) is 23.2 Å². The molecule has 2 atom stereocenters. The van der Waals surface area contributed by atoms with Crippen LogP contribution in [-0.2, 0) is 9.59 Å². The van der Waals surface area contributed by atoms with Crippen molar-refractivity contribution in [2.75, 3.05) is 33.2 Å². The molecule has 200 valence electrons. The van der Waals surface area contributed by atoms with Gasteiger partial charge in [-0.1, -0.05) is 47.5 Å². The summed E-state index contributed by atoms with van der Waals surface area (Å²) in [6, 6.07) is 13.4. The molecule has 3 heterocycles. The highest BCUT2D eigenvalue weighted by molar-refractivity contribution is 7.17. The first kappa shape index (κ1) is 27.0. The van der Waals surface area contributed by atoms with Crippen LogP contribution in [0, 0.1) is 5.92 Å². The molecule has 9 heteroatoms. The zero-order valence-electron chi connectivity index (χ0n) is 21.5. The van der Waals surface area contributed by atoms with Gasteiger partial charge in [-0.3, -0.25) is 14.4 Å². The predicted molar refractivity (Wildman–Crippen MR) is 153 cm³/mol. The summed E-state index contributed by atoms with van der Waals surface area (Å²) in [5, 5.41) is 3.83. The van der Waals surface area contributed by atoms with E-state index in [1.807, 2.05) is 63.5 Å². The molecule has 0 saturated carbocycles. The molecule has 0 bridgehead atoms. The van der Waals surface area contributed by atoms with Crippen molar-refractivity contribution in [3.05, 3.63) is 69.0 Å². The fourth-order valence-electron chi connectivity index (χ4n) is 5.86. The van der Waals surface area contributed by atoms with Crippen molar-refractivity contribution in [1.82, 2.24) is 14.7 Å². The zero-order chi connectivity index (χ0) is 27.0. The largest absolute Gasteiger partial charge is 0.343 e. The normalized spacial score (nSPS) is 20.5. The maximum absolute atomic E-state index is 13.7. The lowest BCUT2D eigenvalue weighted by atomic mass is 9.83. The van der Waals surface area contributed by atoms with Gasteiger partial charge in [0, 0.05) is 73.5 Å². The van der Waals surface area contributed by atoms with Crippen molar-refractivity contribution in [2.45, 2.75) is 38.1 Å². The number of hydrogen-bond donors (Lipinski definition) is 0. The van der Waals surface area contributed by atoms with Gasteiger partial charge in [0.1, 0.15) is 0 Å². The Morgan fingerprint density at radius 1 is 0.947 bits per heavy atom. The van der Waals surface area contributed by atoms with E-state index in [1.165, 1.54) is 0 Å². The molecule has 0 aliphatic carbocycles. The summed E-state index contributed by atoms with van der Waals surface area (Å²) >= 11 is 14.2. The number of rotatable bonds is 4. The van der Waals surface area contributed by atoms with Crippen molar-refractivity contribution >= 4 is 62.3 Å². The van der Waals surface area contributed by atoms with E-state index in [2.05, 4.69) is 0 Å². The summed E-state index contributed by atoms with van der Waals surface area (Å²) in [6.07, 6.45) is 2.02. The van der Waals surface area contributed by atoms with Crippen LogP contribution >= 0.6 is 34.5 Å². The van der Waals surface area contributed by atoms with E-state index < -0.39 is 0 Å². The van der Waals surface area contributed by atoms with E-state index in [-0.39, 0.29) is 35.6 Å². The summed E-state index contributed by atoms with van der Waals surface area (Å²) in [6.45, 7) is 3.88. The lowest BCUT2D eigenvalue weighted by molar-refractivity contribution is -0.141. The van der Waals surface area contributed by atoms with E-state index in [0.29, 0.717) is 61.1 Å². The Labute approximate surface area is 237 Å². The quantitative estimate of drug-likeness (QED) is 0.390. The Balaban J connectivity index is 1.39. The summed E-state index contributed by atoms with van der Waals surface area (Å²) in [4.78, 5) is 44.6. The molecule has 3 amide bonds. The molecule has 2 fully saturated rings. The second-order valence-electron chi connectivity index (χ2n) is 10.3. The van der Waals surface area contributed by atoms with E-state index in [1.54, 1.807) is 24.3 Å². The monoisotopic (exact) mass is 571 g/mol. The summed E-state index contributed by atoms with van der Waals surface area (Å²) in [7, 11) is 1.86. The molecule has 0 N–H and O–H groups in total. The van der Waals surface area contributed by atoms with Crippen LogP contribution in [0.25, 0.3) is 10.1 Å². The first-order valence-electron chi connectivity index (χ1n) is 13.0. The van der Waals surface area contributed by atoms with Crippen molar-refractivity contribution in [1.29, 1.82) is 0 Å². The Morgan fingerprint density at radius 3 is 2.37 bits per heavy atom. The van der Waals surface area contributed by atoms with Gasteiger partial charge in [-0.05, 0) is 43.0 Å². The van der Waals surface area contributed by atoms with Crippen molar-refractivity contribution in [3.63, 3.8) is 0 Å². The van der Waals surface area contributed by atoms with Gasteiger partial charge in [0.2, 0.25) is 11.8 Å². The molecule has 2 aromatic carbocycles. The van der Waals surface area contributed by atoms with E-state index in [0.717, 1.165) is 15.6 Å². The summed E-state index contributed by atoms with van der Waals surface area (Å²) in [5.74, 6) is -0.0299. The number of piperidine rings is 2. The van der Waals surface area contributed by atoms with E-state index in [9.17, 15) is 14.4 Å². The standard InChI is InChI=1S/C29H31Cl2N3O3S/c1-18(35)33-12-9-19(10-13-33)28(36)34-14-11-26(22(16-34)20-7-8-24(30)25(31)15-20)32(2)29(37)23-17-38-27-6-4-3-5-21(23)27/h3-8,15,17,19,22,26H,9-14,16H2,1-2H3/t22-,26+/m0/s1. The number of likely N-dealkylation sites (tertiary alicyclic amines) is 2. The maximum Gasteiger partial charge on any atom is 0.255 e. The maximum atomic E-state index is 13.7. The highest BCUT2D eigenvalue weighted by atomic mass is 35.5. The highest BCUT2D eigenvalue weighted by Gasteiger charge is 2.39. The van der Waals surface area contributed by atoms with Crippen molar-refractivity contribution in [2.24, 2.45) is 5.92 Å². The van der Waals surface area contributed by atoms with Crippen LogP contribution in [-0.4, -0.2) is 71.7 Å². The molecule has 0 unspecified atom stereocenters. The van der Waals surface area contributed by atoms with Gasteiger partial charge in [-0.25, -0.2) is 0 Å².